The van der Waals surface area contributed by atoms with Crippen LogP contribution in [0.2, 0.25) is 5.02 Å². The Morgan fingerprint density at radius 2 is 2.12 bits per heavy atom. The second-order valence-corrected chi connectivity index (χ2v) is 5.23. The molecule has 0 saturated heterocycles. The van der Waals surface area contributed by atoms with Crippen LogP contribution in [0.25, 0.3) is 0 Å². The highest BCUT2D eigenvalue weighted by molar-refractivity contribution is 6.30. The van der Waals surface area contributed by atoms with Gasteiger partial charge in [-0.1, -0.05) is 23.7 Å². The van der Waals surface area contributed by atoms with Crippen LogP contribution in [0.5, 0.6) is 0 Å². The summed E-state index contributed by atoms with van der Waals surface area (Å²) >= 11 is 5.93. The molecule has 0 aliphatic heterocycles. The molecule has 3 heteroatoms. The van der Waals surface area contributed by atoms with Gasteiger partial charge in [0.15, 0.2) is 0 Å². The second-order valence-electron chi connectivity index (χ2n) is 4.79. The van der Waals surface area contributed by atoms with Crippen molar-refractivity contribution in [2.75, 3.05) is 6.54 Å². The Balaban J connectivity index is 2.44. The number of hydrogen-bond acceptors (Lipinski definition) is 2. The van der Waals surface area contributed by atoms with E-state index >= 15 is 0 Å². The lowest BCUT2D eigenvalue weighted by Gasteiger charge is -2.20. The first-order chi connectivity index (χ1) is 7.38. The minimum absolute atomic E-state index is 0.251. The largest absolute Gasteiger partial charge is 0.390 e. The molecule has 1 aromatic carbocycles. The van der Waals surface area contributed by atoms with E-state index in [1.165, 1.54) is 5.56 Å². The Morgan fingerprint density at radius 3 is 2.69 bits per heavy atom. The lowest BCUT2D eigenvalue weighted by molar-refractivity contribution is 0.0705. The summed E-state index contributed by atoms with van der Waals surface area (Å²) in [5, 5.41) is 13.7. The normalized spacial score (nSPS) is 13.8. The first kappa shape index (κ1) is 13.5. The maximum Gasteiger partial charge on any atom is 0.0603 e. The van der Waals surface area contributed by atoms with Crippen molar-refractivity contribution in [1.29, 1.82) is 0 Å². The highest BCUT2D eigenvalue weighted by Crippen LogP contribution is 2.17. The molecule has 0 aliphatic carbocycles. The predicted octanol–water partition coefficient (Wildman–Crippen LogP) is 3.15. The summed E-state index contributed by atoms with van der Waals surface area (Å²) in [5.74, 6) is 0. The summed E-state index contributed by atoms with van der Waals surface area (Å²) in [6.07, 6.45) is 0.734. The van der Waals surface area contributed by atoms with Gasteiger partial charge in [-0.15, -0.1) is 0 Å². The van der Waals surface area contributed by atoms with Crippen molar-refractivity contribution >= 4 is 11.6 Å². The van der Waals surface area contributed by atoms with Gasteiger partial charge in [0, 0.05) is 11.1 Å². The molecule has 0 spiro atoms. The third-order valence-corrected chi connectivity index (χ3v) is 2.77. The fourth-order valence-electron chi connectivity index (χ4n) is 1.49. The molecule has 0 heterocycles. The summed E-state index contributed by atoms with van der Waals surface area (Å²) in [6, 6.07) is 8.08. The Bertz CT molecular complexity index is 333. The molecule has 0 bridgehead atoms. The summed E-state index contributed by atoms with van der Waals surface area (Å²) in [4.78, 5) is 0. The SMILES string of the molecule is C[C@H](NCCC(C)(C)O)c1cccc(Cl)c1. The van der Waals surface area contributed by atoms with Crippen molar-refractivity contribution in [2.24, 2.45) is 0 Å². The molecule has 0 fully saturated rings. The lowest BCUT2D eigenvalue weighted by Crippen LogP contribution is -2.28. The molecule has 90 valence electrons. The van der Waals surface area contributed by atoms with E-state index in [1.807, 2.05) is 38.1 Å². The zero-order valence-electron chi connectivity index (χ0n) is 10.1. The molecule has 0 unspecified atom stereocenters. The predicted molar refractivity (Wildman–Crippen MR) is 68.8 cm³/mol. The molecule has 2 N–H and O–H groups in total. The van der Waals surface area contributed by atoms with Crippen LogP contribution in [-0.2, 0) is 0 Å². The fraction of sp³-hybridized carbons (Fsp3) is 0.538. The molecule has 16 heavy (non-hydrogen) atoms. The van der Waals surface area contributed by atoms with Crippen molar-refractivity contribution in [3.8, 4) is 0 Å². The Morgan fingerprint density at radius 1 is 1.44 bits per heavy atom. The van der Waals surface area contributed by atoms with Gasteiger partial charge in [-0.2, -0.15) is 0 Å². The van der Waals surface area contributed by atoms with Crippen molar-refractivity contribution in [1.82, 2.24) is 5.32 Å². The third kappa shape index (κ3) is 4.97. The summed E-state index contributed by atoms with van der Waals surface area (Å²) in [7, 11) is 0. The first-order valence-electron chi connectivity index (χ1n) is 5.60. The number of benzene rings is 1. The number of halogens is 1. The van der Waals surface area contributed by atoms with Crippen molar-refractivity contribution < 1.29 is 5.11 Å². The quantitative estimate of drug-likeness (QED) is 0.830. The lowest BCUT2D eigenvalue weighted by atomic mass is 10.0. The van der Waals surface area contributed by atoms with Gasteiger partial charge in [-0.05, 0) is 51.4 Å². The van der Waals surface area contributed by atoms with E-state index in [4.69, 9.17) is 11.6 Å². The molecule has 1 aromatic rings. The topological polar surface area (TPSA) is 32.3 Å². The van der Waals surface area contributed by atoms with Crippen LogP contribution in [0.1, 0.15) is 38.8 Å². The maximum absolute atomic E-state index is 9.58. The van der Waals surface area contributed by atoms with E-state index in [0.29, 0.717) is 0 Å². The smallest absolute Gasteiger partial charge is 0.0603 e. The van der Waals surface area contributed by atoms with Gasteiger partial charge >= 0.3 is 0 Å². The molecule has 1 rings (SSSR count). The van der Waals surface area contributed by atoms with E-state index in [2.05, 4.69) is 12.2 Å². The Hall–Kier alpha value is -0.570. The van der Waals surface area contributed by atoms with Crippen LogP contribution in [-0.4, -0.2) is 17.3 Å². The highest BCUT2D eigenvalue weighted by atomic mass is 35.5. The van der Waals surface area contributed by atoms with E-state index in [0.717, 1.165) is 18.0 Å². The Kier molecular flexibility index (Phi) is 4.78. The van der Waals surface area contributed by atoms with E-state index < -0.39 is 5.60 Å². The van der Waals surface area contributed by atoms with Gasteiger partial charge in [-0.25, -0.2) is 0 Å². The average molecular weight is 242 g/mol. The van der Waals surface area contributed by atoms with Crippen LogP contribution in [0.15, 0.2) is 24.3 Å². The van der Waals surface area contributed by atoms with Gasteiger partial charge in [0.25, 0.3) is 0 Å². The van der Waals surface area contributed by atoms with Crippen LogP contribution in [0, 0.1) is 0 Å². The van der Waals surface area contributed by atoms with Crippen LogP contribution in [0.3, 0.4) is 0 Å². The summed E-state index contributed by atoms with van der Waals surface area (Å²) in [5.41, 5.74) is 0.560. The number of aliphatic hydroxyl groups is 1. The average Bonchev–Trinajstić information content (AvgIpc) is 2.15. The zero-order chi connectivity index (χ0) is 12.2. The molecule has 0 radical (unpaired) electrons. The fourth-order valence-corrected chi connectivity index (χ4v) is 1.69. The van der Waals surface area contributed by atoms with E-state index in [1.54, 1.807) is 0 Å². The van der Waals surface area contributed by atoms with E-state index in [-0.39, 0.29) is 6.04 Å². The number of hydrogen-bond donors (Lipinski definition) is 2. The van der Waals surface area contributed by atoms with E-state index in [9.17, 15) is 5.11 Å². The molecule has 0 amide bonds. The monoisotopic (exact) mass is 241 g/mol. The summed E-state index contributed by atoms with van der Waals surface area (Å²) in [6.45, 7) is 6.52. The number of nitrogens with one attached hydrogen (secondary N) is 1. The van der Waals surface area contributed by atoms with Gasteiger partial charge < -0.3 is 10.4 Å². The van der Waals surface area contributed by atoms with Crippen molar-refractivity contribution in [3.05, 3.63) is 34.9 Å². The minimum atomic E-state index is -0.610. The first-order valence-corrected chi connectivity index (χ1v) is 5.97. The molecular weight excluding hydrogens is 222 g/mol. The molecule has 1 atom stereocenters. The van der Waals surface area contributed by atoms with Crippen LogP contribution < -0.4 is 5.32 Å². The van der Waals surface area contributed by atoms with Gasteiger partial charge in [0.1, 0.15) is 0 Å². The molecule has 0 saturated carbocycles. The third-order valence-electron chi connectivity index (χ3n) is 2.54. The van der Waals surface area contributed by atoms with Crippen molar-refractivity contribution in [2.45, 2.75) is 38.8 Å². The zero-order valence-corrected chi connectivity index (χ0v) is 10.9. The molecular formula is C13H20ClNO. The standard InChI is InChI=1S/C13H20ClNO/c1-10(15-8-7-13(2,3)16)11-5-4-6-12(14)9-11/h4-6,9-10,15-16H,7-8H2,1-3H3/t10-/m0/s1. The van der Waals surface area contributed by atoms with Gasteiger partial charge in [0.05, 0.1) is 5.60 Å². The maximum atomic E-state index is 9.58. The van der Waals surface area contributed by atoms with Crippen LogP contribution in [0.4, 0.5) is 0 Å². The summed E-state index contributed by atoms with van der Waals surface area (Å²) < 4.78 is 0. The van der Waals surface area contributed by atoms with Gasteiger partial charge in [-0.3, -0.25) is 0 Å². The number of rotatable bonds is 5. The Labute approximate surface area is 103 Å². The molecule has 2 nitrogen and oxygen atoms in total. The molecule has 0 aromatic heterocycles. The van der Waals surface area contributed by atoms with Crippen molar-refractivity contribution in [3.63, 3.8) is 0 Å². The van der Waals surface area contributed by atoms with Crippen LogP contribution >= 0.6 is 11.6 Å². The van der Waals surface area contributed by atoms with Gasteiger partial charge in [0.2, 0.25) is 0 Å². The molecule has 0 aliphatic rings. The highest BCUT2D eigenvalue weighted by Gasteiger charge is 2.12. The second kappa shape index (κ2) is 5.67. The minimum Gasteiger partial charge on any atom is -0.390 e.